The summed E-state index contributed by atoms with van der Waals surface area (Å²) in [6.45, 7) is -0.0877. The summed E-state index contributed by atoms with van der Waals surface area (Å²) in [7, 11) is 0. The van der Waals surface area contributed by atoms with Crippen molar-refractivity contribution in [2.24, 2.45) is 0 Å². The lowest BCUT2D eigenvalue weighted by atomic mass is 10.2. The van der Waals surface area contributed by atoms with Gasteiger partial charge in [-0.2, -0.15) is 0 Å². The van der Waals surface area contributed by atoms with E-state index >= 15 is 0 Å². The molecule has 5 heteroatoms. The van der Waals surface area contributed by atoms with Crippen LogP contribution in [0.15, 0.2) is 46.5 Å². The van der Waals surface area contributed by atoms with Crippen LogP contribution in [0.5, 0.6) is 0 Å². The Balaban J connectivity index is 2.29. The summed E-state index contributed by atoms with van der Waals surface area (Å²) in [6.07, 6.45) is 1.59. The van der Waals surface area contributed by atoms with Gasteiger partial charge in [-0.25, -0.2) is 4.98 Å². The summed E-state index contributed by atoms with van der Waals surface area (Å²) in [5.74, 6) is 0. The van der Waals surface area contributed by atoms with Crippen LogP contribution in [0.25, 0.3) is 0 Å². The summed E-state index contributed by atoms with van der Waals surface area (Å²) in [5.41, 5.74) is 0.718. The average Bonchev–Trinajstić information content (AvgIpc) is 2.32. The van der Waals surface area contributed by atoms with E-state index in [4.69, 9.17) is 23.2 Å². The number of benzene rings is 1. The van der Waals surface area contributed by atoms with Crippen LogP contribution >= 0.6 is 35.0 Å². The lowest BCUT2D eigenvalue weighted by Gasteiger charge is -2.08. The number of aliphatic hydroxyl groups is 1. The number of pyridine rings is 1. The first-order valence-corrected chi connectivity index (χ1v) is 6.45. The van der Waals surface area contributed by atoms with Crippen molar-refractivity contribution in [1.82, 2.24) is 4.98 Å². The Labute approximate surface area is 114 Å². The molecule has 0 aliphatic rings. The van der Waals surface area contributed by atoms with Crippen LogP contribution in [0.1, 0.15) is 5.56 Å². The molecule has 88 valence electrons. The van der Waals surface area contributed by atoms with E-state index in [-0.39, 0.29) is 6.61 Å². The van der Waals surface area contributed by atoms with E-state index in [1.807, 2.05) is 18.2 Å². The van der Waals surface area contributed by atoms with Gasteiger partial charge >= 0.3 is 0 Å². The maximum absolute atomic E-state index is 9.28. The third kappa shape index (κ3) is 3.13. The lowest BCUT2D eigenvalue weighted by molar-refractivity contribution is 0.279. The van der Waals surface area contributed by atoms with Crippen LogP contribution in [-0.4, -0.2) is 10.1 Å². The molecule has 0 spiro atoms. The number of hydrogen-bond donors (Lipinski definition) is 1. The van der Waals surface area contributed by atoms with Gasteiger partial charge in [0.15, 0.2) is 0 Å². The highest BCUT2D eigenvalue weighted by molar-refractivity contribution is 7.99. The van der Waals surface area contributed by atoms with Crippen LogP contribution in [0, 0.1) is 0 Å². The summed E-state index contributed by atoms with van der Waals surface area (Å²) in [6, 6.07) is 9.11. The zero-order valence-electron chi connectivity index (χ0n) is 8.73. The molecule has 1 heterocycles. The first-order chi connectivity index (χ1) is 8.20. The molecule has 0 radical (unpaired) electrons. The Bertz CT molecular complexity index is 516. The van der Waals surface area contributed by atoms with Gasteiger partial charge in [0.25, 0.3) is 0 Å². The molecule has 2 nitrogen and oxygen atoms in total. The molecule has 0 saturated heterocycles. The van der Waals surface area contributed by atoms with Gasteiger partial charge in [-0.05, 0) is 24.3 Å². The zero-order valence-corrected chi connectivity index (χ0v) is 11.1. The largest absolute Gasteiger partial charge is 0.392 e. The highest BCUT2D eigenvalue weighted by Crippen LogP contribution is 2.33. The van der Waals surface area contributed by atoms with E-state index in [0.29, 0.717) is 10.0 Å². The van der Waals surface area contributed by atoms with Crippen LogP contribution < -0.4 is 0 Å². The van der Waals surface area contributed by atoms with Crippen LogP contribution in [-0.2, 0) is 6.61 Å². The first kappa shape index (κ1) is 12.7. The number of rotatable bonds is 3. The van der Waals surface area contributed by atoms with Crippen LogP contribution in [0.3, 0.4) is 0 Å². The van der Waals surface area contributed by atoms with Crippen molar-refractivity contribution < 1.29 is 5.11 Å². The van der Waals surface area contributed by atoms with Crippen molar-refractivity contribution in [3.05, 3.63) is 52.1 Å². The Morgan fingerprint density at radius 3 is 2.65 bits per heavy atom. The van der Waals surface area contributed by atoms with Gasteiger partial charge in [0.05, 0.1) is 11.6 Å². The van der Waals surface area contributed by atoms with E-state index in [1.165, 1.54) is 11.8 Å². The second kappa shape index (κ2) is 5.74. The topological polar surface area (TPSA) is 33.1 Å². The van der Waals surface area contributed by atoms with Crippen LogP contribution in [0.4, 0.5) is 0 Å². The molecular formula is C12H9Cl2NOS. The number of halogens is 2. The van der Waals surface area contributed by atoms with E-state index < -0.39 is 0 Å². The standard InChI is InChI=1S/C12H9Cl2NOS/c13-8-4-5-12(15-6-8)17-11-3-1-2-10(14)9(11)7-16/h1-6,16H,7H2. The third-order valence-corrected chi connectivity index (χ3v) is 3.78. The van der Waals surface area contributed by atoms with E-state index in [1.54, 1.807) is 18.3 Å². The Kier molecular flexibility index (Phi) is 4.29. The maximum atomic E-state index is 9.28. The molecule has 2 aromatic rings. The number of hydrogen-bond acceptors (Lipinski definition) is 3. The fourth-order valence-electron chi connectivity index (χ4n) is 1.32. The molecule has 0 fully saturated rings. The summed E-state index contributed by atoms with van der Waals surface area (Å²) in [5, 5.41) is 11.3. The Hall–Kier alpha value is -0.740. The van der Waals surface area contributed by atoms with Gasteiger partial charge in [-0.3, -0.25) is 0 Å². The Morgan fingerprint density at radius 2 is 2.00 bits per heavy atom. The van der Waals surface area contributed by atoms with Crippen molar-refractivity contribution in [2.45, 2.75) is 16.5 Å². The quantitative estimate of drug-likeness (QED) is 0.924. The molecule has 1 aromatic carbocycles. The number of aromatic nitrogens is 1. The van der Waals surface area contributed by atoms with Crippen molar-refractivity contribution in [1.29, 1.82) is 0 Å². The molecule has 2 rings (SSSR count). The van der Waals surface area contributed by atoms with Gasteiger partial charge in [0, 0.05) is 21.7 Å². The lowest BCUT2D eigenvalue weighted by Crippen LogP contribution is -1.89. The number of nitrogens with zero attached hydrogens (tertiary/aromatic N) is 1. The molecular weight excluding hydrogens is 277 g/mol. The van der Waals surface area contributed by atoms with E-state index in [9.17, 15) is 5.11 Å². The minimum Gasteiger partial charge on any atom is -0.392 e. The fraction of sp³-hybridized carbons (Fsp3) is 0.0833. The van der Waals surface area contributed by atoms with Crippen LogP contribution in [0.2, 0.25) is 10.0 Å². The summed E-state index contributed by atoms with van der Waals surface area (Å²) < 4.78 is 0. The summed E-state index contributed by atoms with van der Waals surface area (Å²) in [4.78, 5) is 5.08. The average molecular weight is 286 g/mol. The zero-order chi connectivity index (χ0) is 12.3. The fourth-order valence-corrected chi connectivity index (χ4v) is 2.64. The van der Waals surface area contributed by atoms with Gasteiger partial charge < -0.3 is 5.11 Å². The third-order valence-electron chi connectivity index (χ3n) is 2.15. The molecule has 17 heavy (non-hydrogen) atoms. The second-order valence-corrected chi connectivity index (χ2v) is 5.20. The molecule has 0 saturated carbocycles. The highest BCUT2D eigenvalue weighted by Gasteiger charge is 2.08. The second-order valence-electron chi connectivity index (χ2n) is 3.29. The molecule has 0 unspecified atom stereocenters. The van der Waals surface area contributed by atoms with Crippen molar-refractivity contribution >= 4 is 35.0 Å². The van der Waals surface area contributed by atoms with Crippen molar-refractivity contribution in [2.75, 3.05) is 0 Å². The van der Waals surface area contributed by atoms with E-state index in [2.05, 4.69) is 4.98 Å². The van der Waals surface area contributed by atoms with Gasteiger partial charge in [-0.15, -0.1) is 0 Å². The minimum absolute atomic E-state index is 0.0877. The molecule has 0 aliphatic heterocycles. The predicted molar refractivity (Wildman–Crippen MR) is 70.7 cm³/mol. The summed E-state index contributed by atoms with van der Waals surface area (Å²) >= 11 is 13.2. The molecule has 1 aromatic heterocycles. The monoisotopic (exact) mass is 285 g/mol. The maximum Gasteiger partial charge on any atom is 0.101 e. The predicted octanol–water partition coefficient (Wildman–Crippen LogP) is 4.03. The van der Waals surface area contributed by atoms with Gasteiger partial charge in [-0.1, -0.05) is 41.0 Å². The molecule has 0 bridgehead atoms. The molecule has 0 amide bonds. The van der Waals surface area contributed by atoms with Gasteiger partial charge in [0.1, 0.15) is 5.03 Å². The van der Waals surface area contributed by atoms with E-state index in [0.717, 1.165) is 15.5 Å². The molecule has 0 aliphatic carbocycles. The van der Waals surface area contributed by atoms with Gasteiger partial charge in [0.2, 0.25) is 0 Å². The van der Waals surface area contributed by atoms with Crippen molar-refractivity contribution in [3.63, 3.8) is 0 Å². The molecule has 0 atom stereocenters. The molecule has 1 N–H and O–H groups in total. The highest BCUT2D eigenvalue weighted by atomic mass is 35.5. The SMILES string of the molecule is OCc1c(Cl)cccc1Sc1ccc(Cl)cn1. The van der Waals surface area contributed by atoms with Crippen molar-refractivity contribution in [3.8, 4) is 0 Å². The first-order valence-electron chi connectivity index (χ1n) is 4.88. The normalized spacial score (nSPS) is 10.5. The number of aliphatic hydroxyl groups excluding tert-OH is 1. The smallest absolute Gasteiger partial charge is 0.101 e. The minimum atomic E-state index is -0.0877. The Morgan fingerprint density at radius 1 is 1.18 bits per heavy atom.